The number of aromatic nitrogens is 2. The predicted octanol–water partition coefficient (Wildman–Crippen LogP) is 1.44. The van der Waals surface area contributed by atoms with E-state index < -0.39 is 10.0 Å². The standard InChI is InChI=1S/C14H14N2O3S/c1-10-2-4-12(5-3-10)20(18,19)16-7-6-15-14(16)13-8-11(13)9-17/h2-8,13,17H,9H2,1H3. The van der Waals surface area contributed by atoms with Crippen LogP contribution in [-0.2, 0) is 10.0 Å². The van der Waals surface area contributed by atoms with Crippen LogP contribution in [0.5, 0.6) is 0 Å². The van der Waals surface area contributed by atoms with E-state index >= 15 is 0 Å². The van der Waals surface area contributed by atoms with Crippen LogP contribution in [-0.4, -0.2) is 29.1 Å². The van der Waals surface area contributed by atoms with Crippen molar-refractivity contribution in [1.29, 1.82) is 0 Å². The van der Waals surface area contributed by atoms with Gasteiger partial charge in [0.1, 0.15) is 5.82 Å². The number of aliphatic hydroxyl groups is 1. The normalized spacial score (nSPS) is 17.9. The van der Waals surface area contributed by atoms with Crippen molar-refractivity contribution in [1.82, 2.24) is 8.96 Å². The quantitative estimate of drug-likeness (QED) is 0.865. The topological polar surface area (TPSA) is 72.2 Å². The van der Waals surface area contributed by atoms with E-state index in [2.05, 4.69) is 4.98 Å². The Hall–Kier alpha value is -1.92. The second kappa shape index (κ2) is 4.57. The van der Waals surface area contributed by atoms with Gasteiger partial charge in [0, 0.05) is 12.4 Å². The van der Waals surface area contributed by atoms with Crippen molar-refractivity contribution < 1.29 is 13.5 Å². The molecular weight excluding hydrogens is 276 g/mol. The fourth-order valence-electron chi connectivity index (χ4n) is 2.11. The molecular formula is C14H14N2O3S. The molecule has 1 unspecified atom stereocenters. The molecule has 3 rings (SSSR count). The van der Waals surface area contributed by atoms with Crippen molar-refractivity contribution >= 4 is 10.0 Å². The largest absolute Gasteiger partial charge is 0.392 e. The third-order valence-corrected chi connectivity index (χ3v) is 5.04. The fraction of sp³-hybridized carbons (Fsp3) is 0.214. The first kappa shape index (κ1) is 13.1. The van der Waals surface area contributed by atoms with Crippen LogP contribution in [0.15, 0.2) is 53.2 Å². The Balaban J connectivity index is 2.01. The molecule has 1 aromatic carbocycles. The number of imidazole rings is 1. The molecule has 0 saturated heterocycles. The first-order valence-corrected chi connectivity index (χ1v) is 7.65. The molecule has 0 bridgehead atoms. The third-order valence-electron chi connectivity index (χ3n) is 3.34. The molecule has 0 radical (unpaired) electrons. The molecule has 0 fully saturated rings. The van der Waals surface area contributed by atoms with E-state index in [-0.39, 0.29) is 17.4 Å². The minimum absolute atomic E-state index is 0.0674. The maximum Gasteiger partial charge on any atom is 0.269 e. The Kier molecular flexibility index (Phi) is 2.99. The first-order valence-electron chi connectivity index (χ1n) is 6.21. The maximum atomic E-state index is 12.6. The Morgan fingerprint density at radius 3 is 2.60 bits per heavy atom. The lowest BCUT2D eigenvalue weighted by atomic mass is 10.2. The zero-order valence-electron chi connectivity index (χ0n) is 10.9. The van der Waals surface area contributed by atoms with Gasteiger partial charge in [-0.25, -0.2) is 17.4 Å². The smallest absolute Gasteiger partial charge is 0.269 e. The Labute approximate surface area is 117 Å². The molecule has 0 amide bonds. The molecule has 2 aromatic rings. The van der Waals surface area contributed by atoms with E-state index in [1.165, 1.54) is 16.4 Å². The van der Waals surface area contributed by atoms with Crippen LogP contribution in [0.25, 0.3) is 0 Å². The van der Waals surface area contributed by atoms with Crippen LogP contribution in [0.1, 0.15) is 17.3 Å². The van der Waals surface area contributed by atoms with Crippen molar-refractivity contribution in [2.24, 2.45) is 0 Å². The van der Waals surface area contributed by atoms with Crippen molar-refractivity contribution in [3.05, 3.63) is 59.7 Å². The van der Waals surface area contributed by atoms with Crippen LogP contribution in [0.4, 0.5) is 0 Å². The summed E-state index contributed by atoms with van der Waals surface area (Å²) in [5, 5.41) is 9.06. The van der Waals surface area contributed by atoms with Crippen molar-refractivity contribution in [2.45, 2.75) is 17.7 Å². The Morgan fingerprint density at radius 2 is 2.00 bits per heavy atom. The average Bonchev–Trinajstić information content (AvgIpc) is 3.05. The third kappa shape index (κ3) is 2.07. The number of hydrogen-bond donors (Lipinski definition) is 1. The van der Waals surface area contributed by atoms with Gasteiger partial charge in [0.15, 0.2) is 0 Å². The average molecular weight is 290 g/mol. The summed E-state index contributed by atoms with van der Waals surface area (Å²) in [5.41, 5.74) is 1.80. The van der Waals surface area contributed by atoms with Gasteiger partial charge in [0.25, 0.3) is 10.0 Å². The van der Waals surface area contributed by atoms with Crippen LogP contribution in [0.3, 0.4) is 0 Å². The van der Waals surface area contributed by atoms with E-state index in [1.807, 2.05) is 13.0 Å². The molecule has 1 aliphatic rings. The van der Waals surface area contributed by atoms with Crippen LogP contribution in [0.2, 0.25) is 0 Å². The number of aryl methyl sites for hydroxylation is 1. The van der Waals surface area contributed by atoms with Crippen molar-refractivity contribution in [2.75, 3.05) is 6.61 Å². The molecule has 0 aliphatic heterocycles. The lowest BCUT2D eigenvalue weighted by Gasteiger charge is -2.09. The minimum Gasteiger partial charge on any atom is -0.392 e. The zero-order chi connectivity index (χ0) is 14.3. The van der Waals surface area contributed by atoms with E-state index in [0.717, 1.165) is 11.1 Å². The van der Waals surface area contributed by atoms with Gasteiger partial charge >= 0.3 is 0 Å². The van der Waals surface area contributed by atoms with Gasteiger partial charge in [-0.2, -0.15) is 0 Å². The molecule has 5 nitrogen and oxygen atoms in total. The Bertz CT molecular complexity index is 773. The second-order valence-electron chi connectivity index (χ2n) is 4.78. The summed E-state index contributed by atoms with van der Waals surface area (Å²) in [6, 6.07) is 6.69. The van der Waals surface area contributed by atoms with Crippen molar-refractivity contribution in [3.8, 4) is 0 Å². The number of allylic oxidation sites excluding steroid dienone is 1. The fourth-order valence-corrected chi connectivity index (χ4v) is 3.43. The summed E-state index contributed by atoms with van der Waals surface area (Å²) < 4.78 is 26.4. The number of aliphatic hydroxyl groups excluding tert-OH is 1. The molecule has 1 aromatic heterocycles. The summed E-state index contributed by atoms with van der Waals surface area (Å²) in [7, 11) is -3.64. The number of rotatable bonds is 4. The molecule has 1 N–H and O–H groups in total. The lowest BCUT2D eigenvalue weighted by molar-refractivity contribution is 0.333. The molecule has 0 spiro atoms. The predicted molar refractivity (Wildman–Crippen MR) is 73.9 cm³/mol. The molecule has 20 heavy (non-hydrogen) atoms. The van der Waals surface area contributed by atoms with E-state index in [4.69, 9.17) is 5.11 Å². The van der Waals surface area contributed by atoms with Crippen LogP contribution >= 0.6 is 0 Å². The van der Waals surface area contributed by atoms with Crippen LogP contribution in [0, 0.1) is 6.92 Å². The summed E-state index contributed by atoms with van der Waals surface area (Å²) >= 11 is 0. The zero-order valence-corrected chi connectivity index (χ0v) is 11.7. The second-order valence-corrected chi connectivity index (χ2v) is 6.59. The molecule has 1 heterocycles. The number of nitrogens with zero attached hydrogens (tertiary/aromatic N) is 2. The molecule has 104 valence electrons. The van der Waals surface area contributed by atoms with Crippen molar-refractivity contribution in [3.63, 3.8) is 0 Å². The van der Waals surface area contributed by atoms with Gasteiger partial charge in [0.2, 0.25) is 0 Å². The number of hydrogen-bond acceptors (Lipinski definition) is 4. The molecule has 1 aliphatic carbocycles. The van der Waals surface area contributed by atoms with Gasteiger partial charge < -0.3 is 5.11 Å². The van der Waals surface area contributed by atoms with Crippen LogP contribution < -0.4 is 0 Å². The Morgan fingerprint density at radius 1 is 1.30 bits per heavy atom. The van der Waals surface area contributed by atoms with E-state index in [9.17, 15) is 8.42 Å². The number of benzene rings is 1. The van der Waals surface area contributed by atoms with Gasteiger partial charge in [-0.3, -0.25) is 0 Å². The minimum atomic E-state index is -3.64. The van der Waals surface area contributed by atoms with E-state index in [0.29, 0.717) is 5.82 Å². The molecule has 1 atom stereocenters. The highest BCUT2D eigenvalue weighted by Gasteiger charge is 2.32. The SMILES string of the molecule is Cc1ccc(S(=O)(=O)n2ccnc2C2C=C2CO)cc1. The van der Waals surface area contributed by atoms with E-state index in [1.54, 1.807) is 24.3 Å². The maximum absolute atomic E-state index is 12.6. The highest BCUT2D eigenvalue weighted by atomic mass is 32.2. The highest BCUT2D eigenvalue weighted by molar-refractivity contribution is 7.90. The summed E-state index contributed by atoms with van der Waals surface area (Å²) in [6.07, 6.45) is 4.71. The highest BCUT2D eigenvalue weighted by Crippen LogP contribution is 2.38. The first-order chi connectivity index (χ1) is 9.54. The summed E-state index contributed by atoms with van der Waals surface area (Å²) in [4.78, 5) is 4.34. The van der Waals surface area contributed by atoms with Gasteiger partial charge in [-0.1, -0.05) is 23.8 Å². The molecule has 0 saturated carbocycles. The molecule has 6 heteroatoms. The summed E-state index contributed by atoms with van der Waals surface area (Å²) in [6.45, 7) is 1.84. The lowest BCUT2D eigenvalue weighted by Crippen LogP contribution is -2.15. The monoisotopic (exact) mass is 290 g/mol. The van der Waals surface area contributed by atoms with Gasteiger partial charge in [-0.05, 0) is 24.6 Å². The van der Waals surface area contributed by atoms with Gasteiger partial charge in [0.05, 0.1) is 17.4 Å². The summed E-state index contributed by atoms with van der Waals surface area (Å²) in [5.74, 6) is 0.254. The van der Waals surface area contributed by atoms with Gasteiger partial charge in [-0.15, -0.1) is 0 Å².